The number of aromatic nitrogens is 1. The quantitative estimate of drug-likeness (QED) is 0.303. The van der Waals surface area contributed by atoms with E-state index in [2.05, 4.69) is 23.1 Å². The van der Waals surface area contributed by atoms with E-state index in [1.807, 2.05) is 51.1 Å². The van der Waals surface area contributed by atoms with E-state index >= 15 is 0 Å². The minimum Gasteiger partial charge on any atom is -0.497 e. The summed E-state index contributed by atoms with van der Waals surface area (Å²) in [4.78, 5) is 16.5. The van der Waals surface area contributed by atoms with Crippen molar-refractivity contribution in [2.75, 3.05) is 38.2 Å². The van der Waals surface area contributed by atoms with Gasteiger partial charge in [-0.05, 0) is 72.9 Å². The second-order valence-corrected chi connectivity index (χ2v) is 10.8. The lowest BCUT2D eigenvalue weighted by molar-refractivity contribution is 0.0241. The molecule has 1 aliphatic rings. The highest BCUT2D eigenvalue weighted by atomic mass is 35.5. The number of hydrogen-bond acceptors (Lipinski definition) is 6. The predicted octanol–water partition coefficient (Wildman–Crippen LogP) is 6.84. The van der Waals surface area contributed by atoms with E-state index in [1.54, 1.807) is 12.0 Å². The van der Waals surface area contributed by atoms with Gasteiger partial charge in [0, 0.05) is 42.2 Å². The van der Waals surface area contributed by atoms with Gasteiger partial charge in [0.1, 0.15) is 16.4 Å². The third-order valence-corrected chi connectivity index (χ3v) is 7.38. The summed E-state index contributed by atoms with van der Waals surface area (Å²) in [7, 11) is 1.67. The fourth-order valence-corrected chi connectivity index (χ4v) is 5.59. The van der Waals surface area contributed by atoms with Crippen LogP contribution >= 0.6 is 23.1 Å². The summed E-state index contributed by atoms with van der Waals surface area (Å²) in [5.74, 6) is 0.789. The molecule has 1 fully saturated rings. The molecule has 1 amide bonds. The Kier molecular flexibility index (Phi) is 6.23. The standard InChI is InChI=1S/C27H28ClN3O3S/c1-27(2,3)34-26(32)31-11-9-30(10-12-31)25-22-15-23(28)21(16-24(22)29-35-25)20-14-18(33-4)13-17-7-5-6-8-19(17)20/h5-8,13-16H,9-12H2,1-4H3. The zero-order valence-corrected chi connectivity index (χ0v) is 21.9. The van der Waals surface area contributed by atoms with Gasteiger partial charge in [0.2, 0.25) is 0 Å². The topological polar surface area (TPSA) is 54.9 Å². The summed E-state index contributed by atoms with van der Waals surface area (Å²) < 4.78 is 15.8. The number of methoxy groups -OCH3 is 1. The summed E-state index contributed by atoms with van der Waals surface area (Å²) in [5, 5.41) is 4.99. The number of halogens is 1. The summed E-state index contributed by atoms with van der Waals surface area (Å²) in [6, 6.07) is 16.4. The maximum absolute atomic E-state index is 12.4. The predicted molar refractivity (Wildman–Crippen MR) is 144 cm³/mol. The molecule has 1 aromatic heterocycles. The fourth-order valence-electron chi connectivity index (χ4n) is 4.43. The van der Waals surface area contributed by atoms with Gasteiger partial charge in [-0.3, -0.25) is 0 Å². The zero-order valence-electron chi connectivity index (χ0n) is 20.3. The lowest BCUT2D eigenvalue weighted by Crippen LogP contribution is -2.50. The van der Waals surface area contributed by atoms with Crippen LogP contribution in [-0.4, -0.2) is 54.3 Å². The van der Waals surface area contributed by atoms with Gasteiger partial charge in [-0.25, -0.2) is 4.79 Å². The van der Waals surface area contributed by atoms with Gasteiger partial charge in [-0.15, -0.1) is 0 Å². The lowest BCUT2D eigenvalue weighted by atomic mass is 9.97. The molecule has 1 saturated heterocycles. The van der Waals surface area contributed by atoms with Crippen molar-refractivity contribution < 1.29 is 14.3 Å². The van der Waals surface area contributed by atoms with Gasteiger partial charge in [0.15, 0.2) is 0 Å². The van der Waals surface area contributed by atoms with Crippen LogP contribution in [-0.2, 0) is 4.74 Å². The van der Waals surface area contributed by atoms with E-state index in [-0.39, 0.29) is 6.09 Å². The normalized spacial score (nSPS) is 14.5. The van der Waals surface area contributed by atoms with Crippen LogP contribution in [0.1, 0.15) is 20.8 Å². The van der Waals surface area contributed by atoms with Gasteiger partial charge < -0.3 is 19.3 Å². The first-order chi connectivity index (χ1) is 16.7. The molecule has 5 rings (SSSR count). The van der Waals surface area contributed by atoms with E-state index in [0.717, 1.165) is 56.6 Å². The van der Waals surface area contributed by atoms with Crippen LogP contribution < -0.4 is 9.64 Å². The molecular formula is C27H28ClN3O3S. The van der Waals surface area contributed by atoms with Crippen LogP contribution in [0.4, 0.5) is 9.80 Å². The van der Waals surface area contributed by atoms with Crippen LogP contribution in [0.5, 0.6) is 5.75 Å². The molecule has 0 N–H and O–H groups in total. The number of benzene rings is 3. The first kappa shape index (κ1) is 23.7. The smallest absolute Gasteiger partial charge is 0.410 e. The van der Waals surface area contributed by atoms with Crippen molar-refractivity contribution in [3.05, 3.63) is 53.6 Å². The molecule has 3 aromatic carbocycles. The number of nitrogens with zero attached hydrogens (tertiary/aromatic N) is 3. The Hall–Kier alpha value is -3.03. The SMILES string of the molecule is COc1cc(-c2cc3nsc(N4CCN(C(=O)OC(C)(C)C)CC4)c3cc2Cl)c2ccccc2c1. The fraction of sp³-hybridized carbons (Fsp3) is 0.333. The van der Waals surface area contributed by atoms with Crippen molar-refractivity contribution in [1.29, 1.82) is 0 Å². The van der Waals surface area contributed by atoms with Crippen LogP contribution in [0, 0.1) is 0 Å². The van der Waals surface area contributed by atoms with Crippen LogP contribution in [0.2, 0.25) is 5.02 Å². The number of hydrogen-bond donors (Lipinski definition) is 0. The van der Waals surface area contributed by atoms with E-state index < -0.39 is 5.60 Å². The number of anilines is 1. The maximum atomic E-state index is 12.4. The number of ether oxygens (including phenoxy) is 2. The summed E-state index contributed by atoms with van der Waals surface area (Å²) in [5.41, 5.74) is 2.36. The Morgan fingerprint density at radius 3 is 2.46 bits per heavy atom. The summed E-state index contributed by atoms with van der Waals surface area (Å²) in [6.07, 6.45) is -0.260. The number of carbonyl (C=O) groups is 1. The van der Waals surface area contributed by atoms with Crippen molar-refractivity contribution in [3.8, 4) is 16.9 Å². The van der Waals surface area contributed by atoms with Crippen molar-refractivity contribution >= 4 is 55.9 Å². The molecule has 2 heterocycles. The molecule has 0 aliphatic carbocycles. The maximum Gasteiger partial charge on any atom is 0.410 e. The van der Waals surface area contributed by atoms with Crippen molar-refractivity contribution in [2.45, 2.75) is 26.4 Å². The number of amides is 1. The Labute approximate surface area is 214 Å². The third kappa shape index (κ3) is 4.75. The molecule has 6 nitrogen and oxygen atoms in total. The van der Waals surface area contributed by atoms with Crippen LogP contribution in [0.25, 0.3) is 32.8 Å². The molecule has 4 aromatic rings. The second-order valence-electron chi connectivity index (χ2n) is 9.69. The van der Waals surface area contributed by atoms with Crippen molar-refractivity contribution in [2.24, 2.45) is 0 Å². The molecule has 8 heteroatoms. The molecule has 1 aliphatic heterocycles. The Morgan fingerprint density at radius 2 is 1.74 bits per heavy atom. The number of fused-ring (bicyclic) bond motifs is 2. The molecule has 0 spiro atoms. The van der Waals surface area contributed by atoms with Crippen LogP contribution in [0.15, 0.2) is 48.5 Å². The lowest BCUT2D eigenvalue weighted by Gasteiger charge is -2.36. The monoisotopic (exact) mass is 509 g/mol. The Bertz CT molecular complexity index is 1400. The van der Waals surface area contributed by atoms with Gasteiger partial charge in [-0.2, -0.15) is 4.37 Å². The van der Waals surface area contributed by atoms with Gasteiger partial charge in [0.25, 0.3) is 0 Å². The second kappa shape index (κ2) is 9.21. The molecule has 0 unspecified atom stereocenters. The highest BCUT2D eigenvalue weighted by Crippen LogP contribution is 2.41. The average Bonchev–Trinajstić information content (AvgIpc) is 3.24. The molecule has 182 valence electrons. The number of piperazine rings is 1. The largest absolute Gasteiger partial charge is 0.497 e. The summed E-state index contributed by atoms with van der Waals surface area (Å²) in [6.45, 7) is 8.31. The molecule has 0 bridgehead atoms. The van der Waals surface area contributed by atoms with Gasteiger partial charge in [-0.1, -0.05) is 35.9 Å². The van der Waals surface area contributed by atoms with E-state index in [1.165, 1.54) is 11.5 Å². The number of rotatable bonds is 3. The molecular weight excluding hydrogens is 482 g/mol. The van der Waals surface area contributed by atoms with Crippen LogP contribution in [0.3, 0.4) is 0 Å². The molecule has 0 atom stereocenters. The van der Waals surface area contributed by atoms with Gasteiger partial charge >= 0.3 is 6.09 Å². The summed E-state index contributed by atoms with van der Waals surface area (Å²) >= 11 is 8.35. The van der Waals surface area contributed by atoms with Crippen molar-refractivity contribution in [3.63, 3.8) is 0 Å². The minimum atomic E-state index is -0.495. The zero-order chi connectivity index (χ0) is 24.7. The number of carbonyl (C=O) groups excluding carboxylic acids is 1. The first-order valence-corrected chi connectivity index (χ1v) is 12.8. The highest BCUT2D eigenvalue weighted by Gasteiger charge is 2.27. The van der Waals surface area contributed by atoms with E-state index in [0.29, 0.717) is 18.1 Å². The van der Waals surface area contributed by atoms with Gasteiger partial charge in [0.05, 0.1) is 12.6 Å². The average molecular weight is 510 g/mol. The third-order valence-electron chi connectivity index (χ3n) is 6.13. The molecule has 0 saturated carbocycles. The van der Waals surface area contributed by atoms with E-state index in [9.17, 15) is 4.79 Å². The minimum absolute atomic E-state index is 0.260. The molecule has 0 radical (unpaired) electrons. The highest BCUT2D eigenvalue weighted by molar-refractivity contribution is 7.11. The van der Waals surface area contributed by atoms with E-state index in [4.69, 9.17) is 25.4 Å². The van der Waals surface area contributed by atoms with Crippen molar-refractivity contribution in [1.82, 2.24) is 9.27 Å². The Balaban J connectivity index is 1.44. The Morgan fingerprint density at radius 1 is 1.00 bits per heavy atom. The molecule has 35 heavy (non-hydrogen) atoms. The first-order valence-electron chi connectivity index (χ1n) is 11.6.